The van der Waals surface area contributed by atoms with Gasteiger partial charge in [-0.2, -0.15) is 5.10 Å². The third-order valence-corrected chi connectivity index (χ3v) is 6.18. The van der Waals surface area contributed by atoms with Gasteiger partial charge in [0, 0.05) is 20.8 Å². The van der Waals surface area contributed by atoms with Gasteiger partial charge in [-0.3, -0.25) is 9.36 Å². The Labute approximate surface area is 214 Å². The van der Waals surface area contributed by atoms with Crippen LogP contribution in [0.5, 0.6) is 0 Å². The molecule has 0 bridgehead atoms. The first-order chi connectivity index (χ1) is 16.6. The molecule has 0 aliphatic carbocycles. The Morgan fingerprint density at radius 2 is 1.68 bits per heavy atom. The molecule has 1 aromatic heterocycles. The fourth-order valence-electron chi connectivity index (χ4n) is 3.03. The van der Waals surface area contributed by atoms with Crippen molar-refractivity contribution in [1.29, 1.82) is 0 Å². The van der Waals surface area contributed by atoms with Crippen molar-refractivity contribution >= 4 is 57.5 Å². The fraction of sp³-hybridized carbons (Fsp3) is 0.0400. The van der Waals surface area contributed by atoms with Crippen LogP contribution in [0.15, 0.2) is 99.7 Å². The molecule has 170 valence electrons. The van der Waals surface area contributed by atoms with Crippen LogP contribution in [-0.4, -0.2) is 32.6 Å². The summed E-state index contributed by atoms with van der Waals surface area (Å²) in [5.74, 6) is 0.546. The average Bonchev–Trinajstić information content (AvgIpc) is 3.28. The number of hydrogen-bond acceptors (Lipinski definition) is 5. The third-order valence-electron chi connectivity index (χ3n) is 4.56. The maximum Gasteiger partial charge on any atom is 0.250 e. The Bertz CT molecular complexity index is 1310. The first-order valence-electron chi connectivity index (χ1n) is 10.2. The third kappa shape index (κ3) is 6.44. The minimum absolute atomic E-state index is 0.123. The summed E-state index contributed by atoms with van der Waals surface area (Å²) in [4.78, 5) is 12.4. The maximum atomic E-state index is 12.4. The first kappa shape index (κ1) is 23.9. The van der Waals surface area contributed by atoms with E-state index < -0.39 is 0 Å². The lowest BCUT2D eigenvalue weighted by Crippen LogP contribution is -2.19. The SMILES string of the molecule is O=C(CSc1nnc(-c2ccccc2)n1-c1ccc(Cl)cc1)N/N=C\C(Br)=C\c1ccccc1. The second kappa shape index (κ2) is 11.8. The van der Waals surface area contributed by atoms with Gasteiger partial charge in [-0.25, -0.2) is 5.43 Å². The molecule has 1 heterocycles. The van der Waals surface area contributed by atoms with Crippen LogP contribution in [0.25, 0.3) is 23.2 Å². The standard InChI is InChI=1S/C25H19BrClN5OS/c26-20(15-18-7-3-1-4-8-18)16-28-29-23(33)17-34-25-31-30-24(19-9-5-2-6-10-19)32(25)22-13-11-21(27)12-14-22/h1-16H,17H2,(H,29,33)/b20-15-,28-16-. The summed E-state index contributed by atoms with van der Waals surface area (Å²) in [6.45, 7) is 0. The van der Waals surface area contributed by atoms with E-state index in [9.17, 15) is 4.79 Å². The lowest BCUT2D eigenvalue weighted by atomic mass is 10.2. The predicted molar refractivity (Wildman–Crippen MR) is 143 cm³/mol. The van der Waals surface area contributed by atoms with E-state index in [-0.39, 0.29) is 11.7 Å². The van der Waals surface area contributed by atoms with Crippen molar-refractivity contribution in [2.75, 3.05) is 5.75 Å². The molecule has 0 aliphatic heterocycles. The molecule has 0 atom stereocenters. The van der Waals surface area contributed by atoms with Gasteiger partial charge in [0.25, 0.3) is 5.91 Å². The average molecular weight is 553 g/mol. The molecule has 1 amide bonds. The van der Waals surface area contributed by atoms with Gasteiger partial charge in [0.2, 0.25) is 0 Å². The molecular weight excluding hydrogens is 534 g/mol. The lowest BCUT2D eigenvalue weighted by Gasteiger charge is -2.10. The van der Waals surface area contributed by atoms with E-state index in [0.29, 0.717) is 16.0 Å². The van der Waals surface area contributed by atoms with E-state index >= 15 is 0 Å². The van der Waals surface area contributed by atoms with Gasteiger partial charge in [-0.15, -0.1) is 10.2 Å². The molecule has 4 rings (SSSR count). The van der Waals surface area contributed by atoms with Crippen molar-refractivity contribution in [2.45, 2.75) is 5.16 Å². The number of allylic oxidation sites excluding steroid dienone is 1. The van der Waals surface area contributed by atoms with Crippen molar-refractivity contribution in [3.05, 3.63) is 100.0 Å². The summed E-state index contributed by atoms with van der Waals surface area (Å²) in [7, 11) is 0. The van der Waals surface area contributed by atoms with Crippen LogP contribution >= 0.6 is 39.3 Å². The van der Waals surface area contributed by atoms with Gasteiger partial charge >= 0.3 is 0 Å². The summed E-state index contributed by atoms with van der Waals surface area (Å²) >= 11 is 10.8. The Balaban J connectivity index is 1.45. The molecule has 6 nitrogen and oxygen atoms in total. The summed E-state index contributed by atoms with van der Waals surface area (Å²) < 4.78 is 2.65. The van der Waals surface area contributed by atoms with Crippen molar-refractivity contribution in [3.8, 4) is 17.1 Å². The number of nitrogens with one attached hydrogen (secondary N) is 1. The second-order valence-electron chi connectivity index (χ2n) is 7.01. The Hall–Kier alpha value is -3.20. The molecule has 1 N–H and O–H groups in total. The quantitative estimate of drug-likeness (QED) is 0.160. The van der Waals surface area contributed by atoms with Gasteiger partial charge < -0.3 is 0 Å². The zero-order valence-electron chi connectivity index (χ0n) is 17.8. The number of benzene rings is 3. The smallest absolute Gasteiger partial charge is 0.250 e. The normalized spacial score (nSPS) is 11.6. The highest BCUT2D eigenvalue weighted by Crippen LogP contribution is 2.28. The first-order valence-corrected chi connectivity index (χ1v) is 12.4. The maximum absolute atomic E-state index is 12.4. The topological polar surface area (TPSA) is 72.2 Å². The molecule has 34 heavy (non-hydrogen) atoms. The van der Waals surface area contributed by atoms with Crippen LogP contribution in [0.3, 0.4) is 0 Å². The van der Waals surface area contributed by atoms with Crippen molar-refractivity contribution < 1.29 is 4.79 Å². The number of hydrazone groups is 1. The van der Waals surface area contributed by atoms with Crippen LogP contribution in [0.4, 0.5) is 0 Å². The lowest BCUT2D eigenvalue weighted by molar-refractivity contribution is -0.118. The van der Waals surface area contributed by atoms with Crippen molar-refractivity contribution in [1.82, 2.24) is 20.2 Å². The number of amides is 1. The van der Waals surface area contributed by atoms with Crippen LogP contribution < -0.4 is 5.43 Å². The summed E-state index contributed by atoms with van der Waals surface area (Å²) in [6.07, 6.45) is 3.45. The second-order valence-corrected chi connectivity index (χ2v) is 9.30. The number of hydrogen-bond donors (Lipinski definition) is 1. The van der Waals surface area contributed by atoms with Crippen LogP contribution in [-0.2, 0) is 4.79 Å². The number of carbonyl (C=O) groups excluding carboxylic acids is 1. The van der Waals surface area contributed by atoms with Gasteiger partial charge in [0.05, 0.1) is 12.0 Å². The van der Waals surface area contributed by atoms with Gasteiger partial charge in [-0.1, -0.05) is 84.0 Å². The van der Waals surface area contributed by atoms with E-state index in [1.165, 1.54) is 11.8 Å². The zero-order chi connectivity index (χ0) is 23.8. The summed E-state index contributed by atoms with van der Waals surface area (Å²) in [6, 6.07) is 27.0. The molecule has 9 heteroatoms. The highest BCUT2D eigenvalue weighted by atomic mass is 79.9. The van der Waals surface area contributed by atoms with Crippen molar-refractivity contribution in [2.24, 2.45) is 5.10 Å². The summed E-state index contributed by atoms with van der Waals surface area (Å²) in [5.41, 5.74) is 5.33. The Morgan fingerprint density at radius 1 is 1.00 bits per heavy atom. The molecule has 0 fully saturated rings. The molecule has 0 saturated carbocycles. The summed E-state index contributed by atoms with van der Waals surface area (Å²) in [5, 5.41) is 13.9. The van der Waals surface area contributed by atoms with E-state index in [1.54, 1.807) is 6.21 Å². The minimum atomic E-state index is -0.256. The molecule has 0 unspecified atom stereocenters. The number of thioether (sulfide) groups is 1. The molecule has 0 aliphatic rings. The van der Waals surface area contributed by atoms with Gasteiger partial charge in [0.1, 0.15) is 0 Å². The largest absolute Gasteiger partial charge is 0.272 e. The molecule has 3 aromatic carbocycles. The van der Waals surface area contributed by atoms with Crippen molar-refractivity contribution in [3.63, 3.8) is 0 Å². The van der Waals surface area contributed by atoms with E-state index in [1.807, 2.05) is 95.6 Å². The Morgan fingerprint density at radius 3 is 2.38 bits per heavy atom. The fourth-order valence-corrected chi connectivity index (χ4v) is 4.27. The minimum Gasteiger partial charge on any atom is -0.272 e. The van der Waals surface area contributed by atoms with Crippen LogP contribution in [0.1, 0.15) is 5.56 Å². The predicted octanol–water partition coefficient (Wildman–Crippen LogP) is 6.22. The highest BCUT2D eigenvalue weighted by molar-refractivity contribution is 9.12. The van der Waals surface area contributed by atoms with E-state index in [2.05, 4.69) is 36.7 Å². The number of carbonyl (C=O) groups is 1. The Kier molecular flexibility index (Phi) is 8.30. The monoisotopic (exact) mass is 551 g/mol. The number of rotatable bonds is 8. The number of aromatic nitrogens is 3. The van der Waals surface area contributed by atoms with Crippen LogP contribution in [0.2, 0.25) is 5.02 Å². The molecule has 0 saturated heterocycles. The number of halogens is 2. The van der Waals surface area contributed by atoms with Crippen LogP contribution in [0, 0.1) is 0 Å². The molecule has 0 spiro atoms. The van der Waals surface area contributed by atoms with E-state index in [0.717, 1.165) is 21.3 Å². The number of nitrogens with zero attached hydrogens (tertiary/aromatic N) is 4. The zero-order valence-corrected chi connectivity index (χ0v) is 21.0. The highest BCUT2D eigenvalue weighted by Gasteiger charge is 2.17. The molecular formula is C25H19BrClN5OS. The molecule has 0 radical (unpaired) electrons. The van der Waals surface area contributed by atoms with E-state index in [4.69, 9.17) is 11.6 Å². The van der Waals surface area contributed by atoms with Gasteiger partial charge in [-0.05, 0) is 51.8 Å². The van der Waals surface area contributed by atoms with Gasteiger partial charge in [0.15, 0.2) is 11.0 Å². The molecule has 4 aromatic rings.